The van der Waals surface area contributed by atoms with Gasteiger partial charge in [0.2, 0.25) is 0 Å². The average molecular weight is 282 g/mol. The van der Waals surface area contributed by atoms with Gasteiger partial charge in [-0.1, -0.05) is 0 Å². The molecule has 0 aliphatic heterocycles. The van der Waals surface area contributed by atoms with Crippen LogP contribution < -0.4 is 5.32 Å². The molecule has 1 heterocycles. The van der Waals surface area contributed by atoms with Crippen LogP contribution in [0.1, 0.15) is 32.0 Å². The molecule has 7 nitrogen and oxygen atoms in total. The summed E-state index contributed by atoms with van der Waals surface area (Å²) in [5.74, 6) is -0.00314. The Bertz CT molecular complexity index is 458. The number of carboxylic acids is 1. The maximum Gasteiger partial charge on any atom is 0.317 e. The summed E-state index contributed by atoms with van der Waals surface area (Å²) < 4.78 is 1.86. The molecule has 2 N–H and O–H groups in total. The Morgan fingerprint density at radius 1 is 1.55 bits per heavy atom. The van der Waals surface area contributed by atoms with Crippen LogP contribution in [0.3, 0.4) is 0 Å². The first-order valence-corrected chi connectivity index (χ1v) is 6.59. The van der Waals surface area contributed by atoms with E-state index in [1.165, 1.54) is 0 Å². The van der Waals surface area contributed by atoms with Crippen molar-refractivity contribution in [1.82, 2.24) is 19.8 Å². The largest absolute Gasteiger partial charge is 0.481 e. The molecule has 0 saturated carbocycles. The van der Waals surface area contributed by atoms with Gasteiger partial charge in [-0.15, -0.1) is 0 Å². The van der Waals surface area contributed by atoms with E-state index in [4.69, 9.17) is 5.11 Å². The van der Waals surface area contributed by atoms with Crippen molar-refractivity contribution in [2.75, 3.05) is 7.05 Å². The third-order valence-electron chi connectivity index (χ3n) is 3.04. The number of carbonyl (C=O) groups excluding carboxylic acids is 1. The lowest BCUT2D eigenvalue weighted by atomic mass is 10.1. The summed E-state index contributed by atoms with van der Waals surface area (Å²) in [6.45, 7) is 2.30. The van der Waals surface area contributed by atoms with Crippen molar-refractivity contribution < 1.29 is 14.7 Å². The molecular weight excluding hydrogens is 260 g/mol. The zero-order valence-corrected chi connectivity index (χ0v) is 12.2. The molecule has 112 valence electrons. The molecule has 1 aromatic rings. The van der Waals surface area contributed by atoms with Gasteiger partial charge in [0.05, 0.1) is 6.54 Å². The Labute approximate surface area is 118 Å². The molecule has 1 rings (SSSR count). The minimum absolute atomic E-state index is 0.0503. The van der Waals surface area contributed by atoms with E-state index >= 15 is 0 Å². The maximum atomic E-state index is 11.9. The molecule has 0 aromatic carbocycles. The zero-order chi connectivity index (χ0) is 15.1. The summed E-state index contributed by atoms with van der Waals surface area (Å²) in [7, 11) is 3.58. The van der Waals surface area contributed by atoms with Gasteiger partial charge >= 0.3 is 12.0 Å². The van der Waals surface area contributed by atoms with E-state index < -0.39 is 5.97 Å². The minimum atomic E-state index is -0.810. The highest BCUT2D eigenvalue weighted by Gasteiger charge is 2.14. The van der Waals surface area contributed by atoms with E-state index in [0.29, 0.717) is 19.4 Å². The Morgan fingerprint density at radius 3 is 2.80 bits per heavy atom. The summed E-state index contributed by atoms with van der Waals surface area (Å²) >= 11 is 0. The highest BCUT2D eigenvalue weighted by atomic mass is 16.4. The van der Waals surface area contributed by atoms with Crippen molar-refractivity contribution in [1.29, 1.82) is 0 Å². The number of carbonyl (C=O) groups is 2. The second kappa shape index (κ2) is 7.52. The number of carboxylic acid groups (broad SMARTS) is 1. The summed E-state index contributed by atoms with van der Waals surface area (Å²) in [4.78, 5) is 28.1. The van der Waals surface area contributed by atoms with Crippen molar-refractivity contribution in [3.05, 3.63) is 18.2 Å². The van der Waals surface area contributed by atoms with Gasteiger partial charge in [0, 0.05) is 39.0 Å². The van der Waals surface area contributed by atoms with Gasteiger partial charge in [-0.25, -0.2) is 9.78 Å². The van der Waals surface area contributed by atoms with Gasteiger partial charge in [-0.3, -0.25) is 4.79 Å². The quantitative estimate of drug-likeness (QED) is 0.786. The van der Waals surface area contributed by atoms with Gasteiger partial charge in [-0.2, -0.15) is 0 Å². The standard InChI is InChI=1S/C13H22N4O3/c1-10(5-4-6-12(18)19)15-13(20)17(3)9-11-14-7-8-16(11)2/h7-8,10H,4-6,9H2,1-3H3,(H,15,20)(H,18,19). The molecule has 0 fully saturated rings. The number of hydrogen-bond acceptors (Lipinski definition) is 3. The molecule has 20 heavy (non-hydrogen) atoms. The Kier molecular flexibility index (Phi) is 6.02. The first-order chi connectivity index (χ1) is 9.40. The Hall–Kier alpha value is -2.05. The molecule has 7 heteroatoms. The number of aliphatic carboxylic acids is 1. The van der Waals surface area contributed by atoms with Crippen LogP contribution in [-0.2, 0) is 18.4 Å². The highest BCUT2D eigenvalue weighted by molar-refractivity contribution is 5.74. The Morgan fingerprint density at radius 2 is 2.25 bits per heavy atom. The number of aryl methyl sites for hydroxylation is 1. The molecular formula is C13H22N4O3. The number of nitrogens with one attached hydrogen (secondary N) is 1. The van der Waals surface area contributed by atoms with E-state index in [9.17, 15) is 9.59 Å². The SMILES string of the molecule is CC(CCCC(=O)O)NC(=O)N(C)Cc1nccn1C. The summed E-state index contributed by atoms with van der Waals surface area (Å²) in [5, 5.41) is 11.4. The third kappa shape index (κ3) is 5.29. The van der Waals surface area contributed by atoms with Crippen molar-refractivity contribution in [2.24, 2.45) is 7.05 Å². The number of urea groups is 1. The van der Waals surface area contributed by atoms with Gasteiger partial charge in [0.25, 0.3) is 0 Å². The van der Waals surface area contributed by atoms with Crippen molar-refractivity contribution in [3.63, 3.8) is 0 Å². The van der Waals surface area contributed by atoms with Crippen LogP contribution in [-0.4, -0.2) is 44.6 Å². The number of imidazole rings is 1. The van der Waals surface area contributed by atoms with Gasteiger partial charge in [0.15, 0.2) is 0 Å². The van der Waals surface area contributed by atoms with Gasteiger partial charge < -0.3 is 19.9 Å². The molecule has 0 radical (unpaired) electrons. The fourth-order valence-corrected chi connectivity index (χ4v) is 1.79. The molecule has 1 unspecified atom stereocenters. The first kappa shape index (κ1) is 16.0. The highest BCUT2D eigenvalue weighted by Crippen LogP contribution is 2.03. The maximum absolute atomic E-state index is 11.9. The Balaban J connectivity index is 2.34. The summed E-state index contributed by atoms with van der Waals surface area (Å²) in [6.07, 6.45) is 4.85. The number of amides is 2. The van der Waals surface area contributed by atoms with Crippen LogP contribution in [0.4, 0.5) is 4.79 Å². The number of hydrogen-bond donors (Lipinski definition) is 2. The smallest absolute Gasteiger partial charge is 0.317 e. The second-order valence-corrected chi connectivity index (χ2v) is 4.95. The topological polar surface area (TPSA) is 87.5 Å². The minimum Gasteiger partial charge on any atom is -0.481 e. The molecule has 0 saturated heterocycles. The average Bonchev–Trinajstić information content (AvgIpc) is 2.74. The normalized spacial score (nSPS) is 11.9. The lowest BCUT2D eigenvalue weighted by molar-refractivity contribution is -0.137. The fraction of sp³-hybridized carbons (Fsp3) is 0.615. The van der Waals surface area contributed by atoms with Gasteiger partial charge in [-0.05, 0) is 19.8 Å². The monoisotopic (exact) mass is 282 g/mol. The van der Waals surface area contributed by atoms with Crippen molar-refractivity contribution in [2.45, 2.75) is 38.8 Å². The predicted octanol–water partition coefficient (Wildman–Crippen LogP) is 1.20. The second-order valence-electron chi connectivity index (χ2n) is 4.95. The van der Waals surface area contributed by atoms with Crippen molar-refractivity contribution in [3.8, 4) is 0 Å². The molecule has 0 aliphatic rings. The van der Waals surface area contributed by atoms with E-state index in [1.807, 2.05) is 24.7 Å². The molecule has 0 bridgehead atoms. The van der Waals surface area contributed by atoms with Gasteiger partial charge in [0.1, 0.15) is 5.82 Å². The lowest BCUT2D eigenvalue weighted by Gasteiger charge is -2.21. The number of nitrogens with zero attached hydrogens (tertiary/aromatic N) is 3. The third-order valence-corrected chi connectivity index (χ3v) is 3.04. The van der Waals surface area contributed by atoms with Crippen LogP contribution >= 0.6 is 0 Å². The van der Waals surface area contributed by atoms with Crippen LogP contribution in [0, 0.1) is 0 Å². The molecule has 2 amide bonds. The van der Waals surface area contributed by atoms with Crippen LogP contribution in [0.25, 0.3) is 0 Å². The molecule has 1 aromatic heterocycles. The lowest BCUT2D eigenvalue weighted by Crippen LogP contribution is -2.41. The first-order valence-electron chi connectivity index (χ1n) is 6.59. The molecule has 0 aliphatic carbocycles. The summed E-state index contributed by atoms with van der Waals surface area (Å²) in [5.41, 5.74) is 0. The van der Waals surface area contributed by atoms with E-state index in [1.54, 1.807) is 18.1 Å². The zero-order valence-electron chi connectivity index (χ0n) is 12.2. The molecule has 0 spiro atoms. The predicted molar refractivity (Wildman–Crippen MR) is 74.2 cm³/mol. The van der Waals surface area contributed by atoms with Crippen LogP contribution in [0.5, 0.6) is 0 Å². The summed E-state index contributed by atoms with van der Waals surface area (Å²) in [6, 6.07) is -0.235. The number of rotatable bonds is 7. The number of aromatic nitrogens is 2. The van der Waals surface area contributed by atoms with Crippen LogP contribution in [0.2, 0.25) is 0 Å². The van der Waals surface area contributed by atoms with E-state index in [0.717, 1.165) is 5.82 Å². The van der Waals surface area contributed by atoms with E-state index in [2.05, 4.69) is 10.3 Å². The molecule has 1 atom stereocenters. The fourth-order valence-electron chi connectivity index (χ4n) is 1.79. The van der Waals surface area contributed by atoms with Crippen LogP contribution in [0.15, 0.2) is 12.4 Å². The van der Waals surface area contributed by atoms with E-state index in [-0.39, 0.29) is 18.5 Å². The van der Waals surface area contributed by atoms with Crippen molar-refractivity contribution >= 4 is 12.0 Å².